The van der Waals surface area contributed by atoms with Gasteiger partial charge in [0.05, 0.1) is 18.2 Å². The second-order valence-electron chi connectivity index (χ2n) is 3.76. The minimum atomic E-state index is -0.789. The summed E-state index contributed by atoms with van der Waals surface area (Å²) >= 11 is 0. The summed E-state index contributed by atoms with van der Waals surface area (Å²) in [4.78, 5) is 11.3. The maximum atomic E-state index is 11.3. The molecule has 70 valence electrons. The first kappa shape index (κ1) is 9.48. The van der Waals surface area contributed by atoms with Crippen LogP contribution in [0.15, 0.2) is 0 Å². The summed E-state index contributed by atoms with van der Waals surface area (Å²) in [5, 5.41) is 2.83. The van der Waals surface area contributed by atoms with Crippen LogP contribution in [0.5, 0.6) is 0 Å². The third-order valence-corrected chi connectivity index (χ3v) is 1.85. The van der Waals surface area contributed by atoms with E-state index in [4.69, 9.17) is 10.5 Å². The Bertz CT molecular complexity index is 168. The smallest absolute Gasteiger partial charge is 0.239 e. The van der Waals surface area contributed by atoms with Crippen LogP contribution in [0.1, 0.15) is 20.3 Å². The van der Waals surface area contributed by atoms with Crippen LogP contribution in [0.3, 0.4) is 0 Å². The van der Waals surface area contributed by atoms with E-state index in [0.29, 0.717) is 6.61 Å². The highest BCUT2D eigenvalue weighted by Crippen LogP contribution is 2.05. The summed E-state index contributed by atoms with van der Waals surface area (Å²) in [5.74, 6) is -0.113. The Kier molecular flexibility index (Phi) is 2.69. The van der Waals surface area contributed by atoms with Gasteiger partial charge in [-0.15, -0.1) is 0 Å². The van der Waals surface area contributed by atoms with Crippen LogP contribution < -0.4 is 11.1 Å². The molecular formula is C8H16N2O2. The van der Waals surface area contributed by atoms with E-state index in [9.17, 15) is 4.79 Å². The minimum Gasteiger partial charge on any atom is -0.379 e. The van der Waals surface area contributed by atoms with Crippen LogP contribution in [-0.4, -0.2) is 30.7 Å². The van der Waals surface area contributed by atoms with Crippen LogP contribution in [0.25, 0.3) is 0 Å². The zero-order valence-corrected chi connectivity index (χ0v) is 7.59. The number of rotatable bonds is 2. The van der Waals surface area contributed by atoms with E-state index in [1.54, 1.807) is 13.8 Å². The van der Waals surface area contributed by atoms with Crippen LogP contribution in [0, 0.1) is 0 Å². The van der Waals surface area contributed by atoms with Crippen molar-refractivity contribution in [3.05, 3.63) is 0 Å². The monoisotopic (exact) mass is 172 g/mol. The third-order valence-electron chi connectivity index (χ3n) is 1.85. The van der Waals surface area contributed by atoms with E-state index in [1.165, 1.54) is 0 Å². The fraction of sp³-hybridized carbons (Fsp3) is 0.875. The molecule has 1 aliphatic rings. The third kappa shape index (κ3) is 2.46. The molecule has 0 bridgehead atoms. The van der Waals surface area contributed by atoms with Crippen molar-refractivity contribution in [3.63, 3.8) is 0 Å². The van der Waals surface area contributed by atoms with Gasteiger partial charge in [-0.3, -0.25) is 4.79 Å². The number of nitrogens with two attached hydrogens (primary N) is 1. The fourth-order valence-corrected chi connectivity index (χ4v) is 1.02. The first-order chi connectivity index (χ1) is 5.50. The Morgan fingerprint density at radius 2 is 2.33 bits per heavy atom. The molecule has 4 nitrogen and oxygen atoms in total. The van der Waals surface area contributed by atoms with E-state index < -0.39 is 5.54 Å². The minimum absolute atomic E-state index is 0.113. The molecule has 1 saturated heterocycles. The average molecular weight is 172 g/mol. The predicted octanol–water partition coefficient (Wildman–Crippen LogP) is -0.371. The van der Waals surface area contributed by atoms with Gasteiger partial charge in [-0.1, -0.05) is 0 Å². The zero-order chi connectivity index (χ0) is 9.19. The molecule has 0 aromatic rings. The molecule has 0 spiro atoms. The van der Waals surface area contributed by atoms with E-state index in [2.05, 4.69) is 5.32 Å². The van der Waals surface area contributed by atoms with E-state index in [-0.39, 0.29) is 11.9 Å². The van der Waals surface area contributed by atoms with Crippen molar-refractivity contribution < 1.29 is 9.53 Å². The molecule has 4 heteroatoms. The van der Waals surface area contributed by atoms with E-state index in [0.717, 1.165) is 13.0 Å². The van der Waals surface area contributed by atoms with Gasteiger partial charge in [0.2, 0.25) is 5.91 Å². The molecule has 0 aliphatic carbocycles. The summed E-state index contributed by atoms with van der Waals surface area (Å²) in [6.45, 7) is 4.73. The summed E-state index contributed by atoms with van der Waals surface area (Å²) in [6, 6.07) is 0.153. The van der Waals surface area contributed by atoms with Gasteiger partial charge in [0.25, 0.3) is 0 Å². The summed E-state index contributed by atoms with van der Waals surface area (Å²) in [6.07, 6.45) is 0.891. The molecule has 1 heterocycles. The number of nitrogens with one attached hydrogen (secondary N) is 1. The Labute approximate surface area is 72.5 Å². The van der Waals surface area contributed by atoms with Gasteiger partial charge in [-0.05, 0) is 20.3 Å². The lowest BCUT2D eigenvalue weighted by atomic mass is 10.1. The maximum Gasteiger partial charge on any atom is 0.239 e. The Balaban J connectivity index is 2.35. The van der Waals surface area contributed by atoms with Gasteiger partial charge in [-0.25, -0.2) is 0 Å². The Morgan fingerprint density at radius 3 is 2.75 bits per heavy atom. The van der Waals surface area contributed by atoms with Crippen molar-refractivity contribution in [2.24, 2.45) is 5.73 Å². The fourth-order valence-electron chi connectivity index (χ4n) is 1.02. The van der Waals surface area contributed by atoms with Gasteiger partial charge in [0, 0.05) is 6.61 Å². The maximum absolute atomic E-state index is 11.3. The van der Waals surface area contributed by atoms with Crippen LogP contribution in [-0.2, 0) is 9.53 Å². The number of carbonyl (C=O) groups is 1. The first-order valence-electron chi connectivity index (χ1n) is 4.18. The molecule has 1 amide bonds. The Hall–Kier alpha value is -0.610. The molecule has 1 aliphatic heterocycles. The number of carbonyl (C=O) groups excluding carboxylic acids is 1. The van der Waals surface area contributed by atoms with Crippen LogP contribution in [0.2, 0.25) is 0 Å². The zero-order valence-electron chi connectivity index (χ0n) is 7.59. The number of hydrogen-bond donors (Lipinski definition) is 2. The van der Waals surface area contributed by atoms with Crippen molar-refractivity contribution in [2.75, 3.05) is 13.2 Å². The molecular weight excluding hydrogens is 156 g/mol. The summed E-state index contributed by atoms with van der Waals surface area (Å²) < 4.78 is 5.12. The number of hydrogen-bond acceptors (Lipinski definition) is 3. The molecule has 3 N–H and O–H groups in total. The van der Waals surface area contributed by atoms with Gasteiger partial charge in [0.15, 0.2) is 0 Å². The average Bonchev–Trinajstić information content (AvgIpc) is 2.37. The topological polar surface area (TPSA) is 64.4 Å². The van der Waals surface area contributed by atoms with Crippen LogP contribution in [0.4, 0.5) is 0 Å². The van der Waals surface area contributed by atoms with Crippen LogP contribution >= 0.6 is 0 Å². The molecule has 1 unspecified atom stereocenters. The highest BCUT2D eigenvalue weighted by atomic mass is 16.5. The quantitative estimate of drug-likeness (QED) is 0.597. The standard InChI is InChI=1S/C8H16N2O2/c1-8(2,9)7(11)10-6-3-4-12-5-6/h6H,3-5,9H2,1-2H3,(H,10,11). The van der Waals surface area contributed by atoms with Crippen molar-refractivity contribution in [1.29, 1.82) is 0 Å². The number of ether oxygens (including phenoxy) is 1. The van der Waals surface area contributed by atoms with Gasteiger partial charge < -0.3 is 15.8 Å². The molecule has 0 saturated carbocycles. The lowest BCUT2D eigenvalue weighted by molar-refractivity contribution is -0.125. The summed E-state index contributed by atoms with van der Waals surface area (Å²) in [7, 11) is 0. The largest absolute Gasteiger partial charge is 0.379 e. The highest BCUT2D eigenvalue weighted by molar-refractivity contribution is 5.85. The first-order valence-corrected chi connectivity index (χ1v) is 4.18. The lowest BCUT2D eigenvalue weighted by Crippen LogP contribution is -2.52. The Morgan fingerprint density at radius 1 is 1.67 bits per heavy atom. The lowest BCUT2D eigenvalue weighted by Gasteiger charge is -2.20. The van der Waals surface area contributed by atoms with E-state index in [1.807, 2.05) is 0 Å². The number of amides is 1. The molecule has 0 aromatic heterocycles. The van der Waals surface area contributed by atoms with Crippen molar-refractivity contribution in [2.45, 2.75) is 31.8 Å². The molecule has 1 fully saturated rings. The van der Waals surface area contributed by atoms with E-state index >= 15 is 0 Å². The summed E-state index contributed by atoms with van der Waals surface area (Å²) in [5.41, 5.74) is 4.82. The second kappa shape index (κ2) is 3.41. The highest BCUT2D eigenvalue weighted by Gasteiger charge is 2.26. The molecule has 1 atom stereocenters. The van der Waals surface area contributed by atoms with Gasteiger partial charge in [-0.2, -0.15) is 0 Å². The molecule has 12 heavy (non-hydrogen) atoms. The second-order valence-corrected chi connectivity index (χ2v) is 3.76. The van der Waals surface area contributed by atoms with Crippen molar-refractivity contribution in [1.82, 2.24) is 5.32 Å². The van der Waals surface area contributed by atoms with Crippen molar-refractivity contribution in [3.8, 4) is 0 Å². The van der Waals surface area contributed by atoms with Gasteiger partial charge in [0.1, 0.15) is 0 Å². The van der Waals surface area contributed by atoms with Gasteiger partial charge >= 0.3 is 0 Å². The molecule has 0 aromatic carbocycles. The SMILES string of the molecule is CC(C)(N)C(=O)NC1CCOC1. The normalized spacial score (nSPS) is 24.1. The predicted molar refractivity (Wildman–Crippen MR) is 45.6 cm³/mol. The molecule has 1 rings (SSSR count). The molecule has 0 radical (unpaired) electrons. The van der Waals surface area contributed by atoms with Crippen molar-refractivity contribution >= 4 is 5.91 Å².